The molecule has 1 aliphatic rings. The average molecular weight is 272 g/mol. The van der Waals surface area contributed by atoms with Gasteiger partial charge in [-0.25, -0.2) is 9.97 Å². The molecule has 0 aliphatic heterocycles. The maximum absolute atomic E-state index is 11.6. The van der Waals surface area contributed by atoms with Crippen molar-refractivity contribution >= 4 is 5.82 Å². The molecule has 0 aromatic carbocycles. The van der Waals surface area contributed by atoms with Crippen LogP contribution in [0.25, 0.3) is 0 Å². The van der Waals surface area contributed by atoms with Gasteiger partial charge in [-0.05, 0) is 18.9 Å². The Kier molecular flexibility index (Phi) is 3.37. The molecule has 3 rings (SSSR count). The molecule has 104 valence electrons. The number of rotatable bonds is 5. The van der Waals surface area contributed by atoms with Gasteiger partial charge in [-0.15, -0.1) is 0 Å². The molecule has 6 heteroatoms. The first-order chi connectivity index (χ1) is 9.76. The molecule has 1 saturated carbocycles. The first-order valence-corrected chi connectivity index (χ1v) is 6.59. The van der Waals surface area contributed by atoms with Crippen molar-refractivity contribution in [2.45, 2.75) is 25.3 Å². The largest absolute Gasteiger partial charge is 0.481 e. The van der Waals surface area contributed by atoms with Gasteiger partial charge in [-0.1, -0.05) is 6.07 Å². The van der Waals surface area contributed by atoms with Crippen molar-refractivity contribution in [2.75, 3.05) is 12.4 Å². The van der Waals surface area contributed by atoms with E-state index in [1.807, 2.05) is 12.1 Å². The first-order valence-electron chi connectivity index (χ1n) is 6.59. The van der Waals surface area contributed by atoms with Gasteiger partial charge < -0.3 is 15.0 Å². The summed E-state index contributed by atoms with van der Waals surface area (Å²) in [4.78, 5) is 23.0. The average Bonchev–Trinajstić information content (AvgIpc) is 3.29. The lowest BCUT2D eigenvalue weighted by atomic mass is 10.2. The molecule has 1 aliphatic carbocycles. The molecule has 1 fully saturated rings. The third-order valence-corrected chi connectivity index (χ3v) is 3.23. The lowest BCUT2D eigenvalue weighted by molar-refractivity contribution is 0.393. The van der Waals surface area contributed by atoms with Crippen LogP contribution in [0.2, 0.25) is 0 Å². The van der Waals surface area contributed by atoms with Crippen molar-refractivity contribution in [1.82, 2.24) is 15.0 Å². The Morgan fingerprint density at radius 1 is 1.50 bits per heavy atom. The fourth-order valence-electron chi connectivity index (χ4n) is 2.05. The number of ether oxygens (including phenoxy) is 1. The van der Waals surface area contributed by atoms with Crippen LogP contribution in [0.5, 0.6) is 5.88 Å². The lowest BCUT2D eigenvalue weighted by Crippen LogP contribution is -2.13. The second-order valence-corrected chi connectivity index (χ2v) is 4.82. The third-order valence-electron chi connectivity index (χ3n) is 3.23. The van der Waals surface area contributed by atoms with Crippen LogP contribution in [-0.4, -0.2) is 22.1 Å². The van der Waals surface area contributed by atoms with Gasteiger partial charge in [0.15, 0.2) is 0 Å². The molecule has 2 heterocycles. The zero-order valence-electron chi connectivity index (χ0n) is 11.2. The summed E-state index contributed by atoms with van der Waals surface area (Å²) in [5.74, 6) is 2.35. The van der Waals surface area contributed by atoms with E-state index < -0.39 is 0 Å². The molecule has 0 saturated heterocycles. The number of hydrogen-bond acceptors (Lipinski definition) is 5. The number of aromatic amines is 1. The summed E-state index contributed by atoms with van der Waals surface area (Å²) >= 11 is 0. The Morgan fingerprint density at radius 3 is 3.10 bits per heavy atom. The molecule has 0 bridgehead atoms. The maximum atomic E-state index is 11.6. The van der Waals surface area contributed by atoms with Crippen molar-refractivity contribution in [3.05, 3.63) is 46.1 Å². The highest BCUT2D eigenvalue weighted by atomic mass is 16.5. The topological polar surface area (TPSA) is 79.9 Å². The molecule has 0 unspecified atom stereocenters. The van der Waals surface area contributed by atoms with Crippen LogP contribution in [0.1, 0.15) is 30.1 Å². The number of nitrogens with one attached hydrogen (secondary N) is 2. The molecule has 0 radical (unpaired) electrons. The minimum Gasteiger partial charge on any atom is -0.481 e. The summed E-state index contributed by atoms with van der Waals surface area (Å²) in [7, 11) is 1.59. The van der Waals surface area contributed by atoms with E-state index in [4.69, 9.17) is 4.74 Å². The van der Waals surface area contributed by atoms with Gasteiger partial charge in [0.05, 0.1) is 7.11 Å². The van der Waals surface area contributed by atoms with Crippen LogP contribution in [-0.2, 0) is 6.54 Å². The molecule has 20 heavy (non-hydrogen) atoms. The molecule has 0 spiro atoms. The van der Waals surface area contributed by atoms with Crippen molar-refractivity contribution in [2.24, 2.45) is 0 Å². The van der Waals surface area contributed by atoms with E-state index in [-0.39, 0.29) is 5.56 Å². The summed E-state index contributed by atoms with van der Waals surface area (Å²) in [5, 5.41) is 3.15. The van der Waals surface area contributed by atoms with Gasteiger partial charge in [0.1, 0.15) is 11.6 Å². The van der Waals surface area contributed by atoms with Crippen molar-refractivity contribution in [3.63, 3.8) is 0 Å². The van der Waals surface area contributed by atoms with E-state index in [0.29, 0.717) is 24.2 Å². The van der Waals surface area contributed by atoms with E-state index in [1.54, 1.807) is 13.3 Å². The molecule has 2 aromatic heterocycles. The van der Waals surface area contributed by atoms with E-state index in [9.17, 15) is 4.79 Å². The summed E-state index contributed by atoms with van der Waals surface area (Å²) in [6.07, 6.45) is 3.88. The number of nitrogens with zero attached hydrogens (tertiary/aromatic N) is 2. The number of methoxy groups -OCH3 is 1. The zero-order valence-corrected chi connectivity index (χ0v) is 11.2. The highest BCUT2D eigenvalue weighted by molar-refractivity contribution is 5.37. The molecular weight excluding hydrogens is 256 g/mol. The van der Waals surface area contributed by atoms with Crippen LogP contribution < -0.4 is 15.6 Å². The van der Waals surface area contributed by atoms with E-state index in [1.165, 1.54) is 6.07 Å². The SMILES string of the molecule is COc1ncccc1CNc1cc(=O)[nH]c(C2CC2)n1. The monoisotopic (exact) mass is 272 g/mol. The molecule has 6 nitrogen and oxygen atoms in total. The Balaban J connectivity index is 1.76. The molecule has 2 aromatic rings. The number of pyridine rings is 1. The molecule has 0 amide bonds. The number of aromatic nitrogens is 3. The Morgan fingerprint density at radius 2 is 2.35 bits per heavy atom. The van der Waals surface area contributed by atoms with Gasteiger partial charge >= 0.3 is 0 Å². The first kappa shape index (κ1) is 12.7. The van der Waals surface area contributed by atoms with Crippen LogP contribution >= 0.6 is 0 Å². The van der Waals surface area contributed by atoms with Crippen LogP contribution in [0.3, 0.4) is 0 Å². The van der Waals surface area contributed by atoms with Crippen LogP contribution in [0.4, 0.5) is 5.82 Å². The summed E-state index contributed by atoms with van der Waals surface area (Å²) in [6.45, 7) is 0.511. The lowest BCUT2D eigenvalue weighted by Gasteiger charge is -2.09. The predicted molar refractivity (Wildman–Crippen MR) is 74.9 cm³/mol. The fraction of sp³-hybridized carbons (Fsp3) is 0.357. The predicted octanol–water partition coefficient (Wildman–Crippen LogP) is 1.66. The van der Waals surface area contributed by atoms with Gasteiger partial charge in [0.25, 0.3) is 5.56 Å². The molecule has 0 atom stereocenters. The zero-order chi connectivity index (χ0) is 13.9. The van der Waals surface area contributed by atoms with E-state index in [2.05, 4.69) is 20.3 Å². The minimum absolute atomic E-state index is 0.123. The Bertz CT molecular complexity index is 664. The highest BCUT2D eigenvalue weighted by Gasteiger charge is 2.26. The van der Waals surface area contributed by atoms with Crippen molar-refractivity contribution in [3.8, 4) is 5.88 Å². The summed E-state index contributed by atoms with van der Waals surface area (Å²) < 4.78 is 5.19. The number of H-pyrrole nitrogens is 1. The van der Waals surface area contributed by atoms with Crippen LogP contribution in [0.15, 0.2) is 29.2 Å². The smallest absolute Gasteiger partial charge is 0.252 e. The van der Waals surface area contributed by atoms with E-state index in [0.717, 1.165) is 24.2 Å². The molecular formula is C14H16N4O2. The van der Waals surface area contributed by atoms with Crippen LogP contribution in [0, 0.1) is 0 Å². The van der Waals surface area contributed by atoms with E-state index >= 15 is 0 Å². The minimum atomic E-state index is -0.123. The van der Waals surface area contributed by atoms with Gasteiger partial charge in [0, 0.05) is 30.3 Å². The standard InChI is InChI=1S/C14H16N4O2/c1-20-14-10(3-2-6-15-14)8-16-11-7-12(19)18-13(17-11)9-4-5-9/h2-3,6-7,9H,4-5,8H2,1H3,(H2,16,17,18,19). The highest BCUT2D eigenvalue weighted by Crippen LogP contribution is 2.37. The van der Waals surface area contributed by atoms with Gasteiger partial charge in [-0.2, -0.15) is 0 Å². The second-order valence-electron chi connectivity index (χ2n) is 4.82. The molecule has 2 N–H and O–H groups in total. The summed E-state index contributed by atoms with van der Waals surface area (Å²) in [5.41, 5.74) is 0.799. The van der Waals surface area contributed by atoms with Gasteiger partial charge in [-0.3, -0.25) is 4.79 Å². The van der Waals surface area contributed by atoms with Crippen molar-refractivity contribution < 1.29 is 4.74 Å². The third kappa shape index (κ3) is 2.79. The Hall–Kier alpha value is -2.37. The maximum Gasteiger partial charge on any atom is 0.252 e. The second kappa shape index (κ2) is 5.32. The van der Waals surface area contributed by atoms with Gasteiger partial charge in [0.2, 0.25) is 5.88 Å². The fourth-order valence-corrected chi connectivity index (χ4v) is 2.05. The van der Waals surface area contributed by atoms with Crippen molar-refractivity contribution in [1.29, 1.82) is 0 Å². The Labute approximate surface area is 116 Å². The normalized spacial score (nSPS) is 14.1. The summed E-state index contributed by atoms with van der Waals surface area (Å²) in [6, 6.07) is 5.24. The number of anilines is 1. The number of hydrogen-bond donors (Lipinski definition) is 2. The quantitative estimate of drug-likeness (QED) is 0.865.